The number of esters is 1. The van der Waals surface area contributed by atoms with Crippen LogP contribution in [-0.4, -0.2) is 49.1 Å². The maximum atomic E-state index is 13.4. The standard InChI is InChI=1S/C31H32N2O6/c1-21(35)39-20-31(2,16-17-34)33-29(36)28(18-22-10-4-3-5-11-22)32-30(37)38-19-27-25-14-8-6-12-23(25)24-13-7-9-15-26(24)27/h3-15,17,27-28H,16,18-20H2,1-2H3,(H,32,37)(H,33,36)/t28-,31-/m0/s1. The summed E-state index contributed by atoms with van der Waals surface area (Å²) in [4.78, 5) is 49.0. The second-order valence-corrected chi connectivity index (χ2v) is 9.91. The maximum Gasteiger partial charge on any atom is 0.407 e. The third-order valence-corrected chi connectivity index (χ3v) is 6.79. The van der Waals surface area contributed by atoms with Crippen molar-refractivity contribution in [1.82, 2.24) is 10.6 Å². The molecule has 0 fully saturated rings. The van der Waals surface area contributed by atoms with E-state index in [-0.39, 0.29) is 32.0 Å². The molecule has 2 N–H and O–H groups in total. The number of hydrogen-bond acceptors (Lipinski definition) is 6. The highest BCUT2D eigenvalue weighted by molar-refractivity contribution is 5.87. The number of rotatable bonds is 11. The van der Waals surface area contributed by atoms with Crippen LogP contribution in [-0.2, 0) is 30.3 Å². The van der Waals surface area contributed by atoms with Crippen LogP contribution in [0.3, 0.4) is 0 Å². The number of benzene rings is 3. The lowest BCUT2D eigenvalue weighted by Crippen LogP contribution is -2.57. The number of nitrogens with one attached hydrogen (secondary N) is 2. The molecule has 0 heterocycles. The van der Waals surface area contributed by atoms with Crippen molar-refractivity contribution >= 4 is 24.3 Å². The SMILES string of the molecule is CC(=O)OC[C@](C)(CC=O)NC(=O)[C@H](Cc1ccccc1)NC(=O)OCC1c2ccccc2-c2ccccc21. The molecule has 3 aromatic rings. The average Bonchev–Trinajstić information content (AvgIpc) is 3.25. The van der Waals surface area contributed by atoms with Crippen molar-refractivity contribution in [2.45, 2.75) is 44.2 Å². The Bertz CT molecular complexity index is 1300. The Morgan fingerprint density at radius 1 is 0.897 bits per heavy atom. The number of carbonyl (C=O) groups is 4. The molecule has 0 spiro atoms. The highest BCUT2D eigenvalue weighted by Crippen LogP contribution is 2.44. The Balaban J connectivity index is 1.47. The maximum absolute atomic E-state index is 13.4. The predicted molar refractivity (Wildman–Crippen MR) is 146 cm³/mol. The average molecular weight is 529 g/mol. The van der Waals surface area contributed by atoms with Crippen molar-refractivity contribution in [2.24, 2.45) is 0 Å². The monoisotopic (exact) mass is 528 g/mol. The van der Waals surface area contributed by atoms with Gasteiger partial charge in [0.1, 0.15) is 25.5 Å². The van der Waals surface area contributed by atoms with Gasteiger partial charge in [-0.05, 0) is 34.7 Å². The molecule has 1 aliphatic rings. The molecule has 1 aliphatic carbocycles. The fourth-order valence-electron chi connectivity index (χ4n) is 4.82. The molecule has 0 saturated heterocycles. The summed E-state index contributed by atoms with van der Waals surface area (Å²) >= 11 is 0. The van der Waals surface area contributed by atoms with Crippen molar-refractivity contribution in [3.63, 3.8) is 0 Å². The molecule has 0 saturated carbocycles. The van der Waals surface area contributed by atoms with Crippen molar-refractivity contribution in [3.8, 4) is 11.1 Å². The molecular formula is C31H32N2O6. The first-order chi connectivity index (χ1) is 18.8. The minimum atomic E-state index is -1.14. The Hall–Kier alpha value is -4.46. The van der Waals surface area contributed by atoms with Gasteiger partial charge in [-0.15, -0.1) is 0 Å². The minimum absolute atomic E-state index is 0.0744. The van der Waals surface area contributed by atoms with Gasteiger partial charge in [0.05, 0.1) is 5.54 Å². The number of fused-ring (bicyclic) bond motifs is 3. The molecule has 39 heavy (non-hydrogen) atoms. The smallest absolute Gasteiger partial charge is 0.407 e. The van der Waals surface area contributed by atoms with Crippen molar-refractivity contribution in [2.75, 3.05) is 13.2 Å². The summed E-state index contributed by atoms with van der Waals surface area (Å²) in [7, 11) is 0. The summed E-state index contributed by atoms with van der Waals surface area (Å²) in [6.07, 6.45) is 0.0380. The summed E-state index contributed by atoms with van der Waals surface area (Å²) in [6, 6.07) is 24.3. The summed E-state index contributed by atoms with van der Waals surface area (Å²) in [5, 5.41) is 5.48. The molecule has 0 aliphatic heterocycles. The van der Waals surface area contributed by atoms with Crippen LogP contribution < -0.4 is 10.6 Å². The second kappa shape index (κ2) is 12.4. The van der Waals surface area contributed by atoms with Gasteiger partial charge in [0.2, 0.25) is 5.91 Å². The predicted octanol–water partition coefficient (Wildman–Crippen LogP) is 4.16. The van der Waals surface area contributed by atoms with Crippen molar-refractivity contribution in [1.29, 1.82) is 0 Å². The van der Waals surface area contributed by atoms with E-state index in [0.717, 1.165) is 27.8 Å². The summed E-state index contributed by atoms with van der Waals surface area (Å²) in [5.41, 5.74) is 4.09. The first-order valence-corrected chi connectivity index (χ1v) is 12.8. The molecule has 2 atom stereocenters. The molecule has 2 amide bonds. The van der Waals surface area contributed by atoms with Gasteiger partial charge >= 0.3 is 12.1 Å². The van der Waals surface area contributed by atoms with E-state index in [1.807, 2.05) is 66.7 Å². The van der Waals surface area contributed by atoms with Crippen LogP contribution in [0.4, 0.5) is 4.79 Å². The summed E-state index contributed by atoms with van der Waals surface area (Å²) in [6.45, 7) is 2.78. The third kappa shape index (κ3) is 6.90. The van der Waals surface area contributed by atoms with Gasteiger partial charge in [-0.1, -0.05) is 78.9 Å². The van der Waals surface area contributed by atoms with Crippen molar-refractivity contribution in [3.05, 3.63) is 95.6 Å². The topological polar surface area (TPSA) is 111 Å². The summed E-state index contributed by atoms with van der Waals surface area (Å²) in [5.74, 6) is -1.17. The lowest BCUT2D eigenvalue weighted by atomic mass is 9.97. The number of hydrogen-bond donors (Lipinski definition) is 2. The van der Waals surface area contributed by atoms with E-state index in [1.165, 1.54) is 6.92 Å². The Morgan fingerprint density at radius 3 is 2.08 bits per heavy atom. The van der Waals surface area contributed by atoms with Gasteiger partial charge in [-0.25, -0.2) is 4.79 Å². The van der Waals surface area contributed by atoms with Crippen LogP contribution in [0.2, 0.25) is 0 Å². The number of aldehydes is 1. The summed E-state index contributed by atoms with van der Waals surface area (Å²) < 4.78 is 10.7. The highest BCUT2D eigenvalue weighted by atomic mass is 16.5. The van der Waals surface area contributed by atoms with Gasteiger partial charge in [-0.3, -0.25) is 9.59 Å². The van der Waals surface area contributed by atoms with E-state index in [0.29, 0.717) is 6.29 Å². The van der Waals surface area contributed by atoms with Crippen LogP contribution in [0.15, 0.2) is 78.9 Å². The molecule has 0 bridgehead atoms. The Morgan fingerprint density at radius 2 is 1.49 bits per heavy atom. The van der Waals surface area contributed by atoms with E-state index in [9.17, 15) is 19.2 Å². The molecule has 8 heteroatoms. The van der Waals surface area contributed by atoms with E-state index < -0.39 is 29.6 Å². The molecular weight excluding hydrogens is 496 g/mol. The molecule has 8 nitrogen and oxygen atoms in total. The van der Waals surface area contributed by atoms with Gasteiger partial charge in [0.25, 0.3) is 0 Å². The van der Waals surface area contributed by atoms with Crippen LogP contribution in [0.25, 0.3) is 11.1 Å². The van der Waals surface area contributed by atoms with E-state index in [2.05, 4.69) is 22.8 Å². The van der Waals surface area contributed by atoms with Gasteiger partial charge in [0, 0.05) is 25.7 Å². The van der Waals surface area contributed by atoms with E-state index in [1.54, 1.807) is 6.92 Å². The lowest BCUT2D eigenvalue weighted by Gasteiger charge is -2.30. The first kappa shape index (κ1) is 27.6. The molecule has 202 valence electrons. The fraction of sp³-hybridized carbons (Fsp3) is 0.290. The molecule has 0 unspecified atom stereocenters. The Labute approximate surface area is 227 Å². The molecule has 3 aromatic carbocycles. The molecule has 4 rings (SSSR count). The number of amides is 2. The number of carbonyl (C=O) groups excluding carboxylic acids is 4. The number of ether oxygens (including phenoxy) is 2. The second-order valence-electron chi connectivity index (χ2n) is 9.91. The lowest BCUT2D eigenvalue weighted by molar-refractivity contribution is -0.144. The minimum Gasteiger partial charge on any atom is -0.463 e. The third-order valence-electron chi connectivity index (χ3n) is 6.79. The highest BCUT2D eigenvalue weighted by Gasteiger charge is 2.33. The van der Waals surface area contributed by atoms with Crippen LogP contribution >= 0.6 is 0 Å². The van der Waals surface area contributed by atoms with Gasteiger partial charge < -0.3 is 24.9 Å². The molecule has 0 aromatic heterocycles. The zero-order chi connectivity index (χ0) is 27.8. The largest absolute Gasteiger partial charge is 0.463 e. The quantitative estimate of drug-likeness (QED) is 0.286. The fourth-order valence-corrected chi connectivity index (χ4v) is 4.82. The zero-order valence-corrected chi connectivity index (χ0v) is 22.0. The van der Waals surface area contributed by atoms with Gasteiger partial charge in [0.15, 0.2) is 0 Å². The van der Waals surface area contributed by atoms with Crippen LogP contribution in [0.5, 0.6) is 0 Å². The first-order valence-electron chi connectivity index (χ1n) is 12.8. The molecule has 0 radical (unpaired) electrons. The normalized spacial score (nSPS) is 14.2. The zero-order valence-electron chi connectivity index (χ0n) is 22.0. The Kier molecular flexibility index (Phi) is 8.76. The van der Waals surface area contributed by atoms with Crippen LogP contribution in [0, 0.1) is 0 Å². The van der Waals surface area contributed by atoms with E-state index in [4.69, 9.17) is 9.47 Å². The van der Waals surface area contributed by atoms with Crippen molar-refractivity contribution < 1.29 is 28.7 Å². The van der Waals surface area contributed by atoms with Gasteiger partial charge in [-0.2, -0.15) is 0 Å². The van der Waals surface area contributed by atoms with E-state index >= 15 is 0 Å². The number of alkyl carbamates (subject to hydrolysis) is 1. The van der Waals surface area contributed by atoms with Crippen LogP contribution in [0.1, 0.15) is 42.9 Å².